The van der Waals surface area contributed by atoms with E-state index in [-0.39, 0.29) is 0 Å². The minimum atomic E-state index is 0.632. The predicted molar refractivity (Wildman–Crippen MR) is 207 cm³/mol. The topological polar surface area (TPSA) is 43.9 Å². The van der Waals surface area contributed by atoms with E-state index in [2.05, 4.69) is 156 Å². The summed E-state index contributed by atoms with van der Waals surface area (Å²) >= 11 is 0. The zero-order valence-electron chi connectivity index (χ0n) is 26.8. The predicted octanol–water partition coefficient (Wildman–Crippen LogP) is 12.3. The maximum Gasteiger partial charge on any atom is 0.235 e. The van der Waals surface area contributed by atoms with Crippen LogP contribution < -0.4 is 0 Å². The fourth-order valence-corrected chi connectivity index (χ4v) is 7.99. The van der Waals surface area contributed by atoms with Crippen molar-refractivity contribution in [2.45, 2.75) is 0 Å². The van der Waals surface area contributed by atoms with E-state index in [1.54, 1.807) is 0 Å². The normalized spacial score (nSPS) is 12.0. The first kappa shape index (κ1) is 27.2. The molecule has 4 nitrogen and oxygen atoms in total. The molecule has 0 bridgehead atoms. The SMILES string of the molecule is c1ccc(-c2nc(-n3c4ccccc4c4cccc(-c5c6ccccc6cc6c5oc5ccccc56)c43)nc3c2ccc2ccccc23)cc1. The summed E-state index contributed by atoms with van der Waals surface area (Å²) in [6.45, 7) is 0. The summed E-state index contributed by atoms with van der Waals surface area (Å²) in [6.07, 6.45) is 0. The average Bonchev–Trinajstić information content (AvgIpc) is 3.72. The van der Waals surface area contributed by atoms with Gasteiger partial charge in [0.05, 0.1) is 22.2 Å². The lowest BCUT2D eigenvalue weighted by Crippen LogP contribution is -2.04. The number of hydrogen-bond acceptors (Lipinski definition) is 3. The van der Waals surface area contributed by atoms with E-state index in [0.717, 1.165) is 93.2 Å². The third kappa shape index (κ3) is 3.81. The Labute approximate surface area is 286 Å². The lowest BCUT2D eigenvalue weighted by atomic mass is 9.93. The first-order valence-electron chi connectivity index (χ1n) is 16.9. The van der Waals surface area contributed by atoms with Gasteiger partial charge in [0.15, 0.2) is 0 Å². The highest BCUT2D eigenvalue weighted by Gasteiger charge is 2.24. The van der Waals surface area contributed by atoms with Crippen molar-refractivity contribution in [2.24, 2.45) is 0 Å². The van der Waals surface area contributed by atoms with Gasteiger partial charge >= 0.3 is 0 Å². The van der Waals surface area contributed by atoms with Crippen LogP contribution in [-0.4, -0.2) is 14.5 Å². The van der Waals surface area contributed by atoms with Gasteiger partial charge in [0.25, 0.3) is 0 Å². The highest BCUT2D eigenvalue weighted by molar-refractivity contribution is 6.23. The lowest BCUT2D eigenvalue weighted by Gasteiger charge is -2.15. The number of para-hydroxylation sites is 3. The van der Waals surface area contributed by atoms with Crippen LogP contribution in [0.25, 0.3) is 105 Å². The van der Waals surface area contributed by atoms with Gasteiger partial charge in [0.1, 0.15) is 11.2 Å². The Morgan fingerprint density at radius 3 is 2.04 bits per heavy atom. The number of fused-ring (bicyclic) bond motifs is 10. The molecule has 11 aromatic rings. The second-order valence-corrected chi connectivity index (χ2v) is 12.9. The Kier molecular flexibility index (Phi) is 5.63. The molecule has 8 aromatic carbocycles. The number of hydrogen-bond donors (Lipinski definition) is 0. The zero-order chi connectivity index (χ0) is 32.8. The van der Waals surface area contributed by atoms with Crippen LogP contribution in [0.3, 0.4) is 0 Å². The van der Waals surface area contributed by atoms with Crippen molar-refractivity contribution in [3.8, 4) is 28.3 Å². The van der Waals surface area contributed by atoms with E-state index >= 15 is 0 Å². The third-order valence-corrected chi connectivity index (χ3v) is 10.2. The largest absolute Gasteiger partial charge is 0.455 e. The van der Waals surface area contributed by atoms with E-state index in [1.807, 2.05) is 12.1 Å². The van der Waals surface area contributed by atoms with E-state index in [9.17, 15) is 0 Å². The monoisotopic (exact) mass is 637 g/mol. The summed E-state index contributed by atoms with van der Waals surface area (Å²) < 4.78 is 9.02. The Bertz CT molecular complexity index is 3150. The van der Waals surface area contributed by atoms with Crippen molar-refractivity contribution in [1.82, 2.24) is 14.5 Å². The summed E-state index contributed by atoms with van der Waals surface area (Å²) in [5.41, 5.74) is 8.88. The van der Waals surface area contributed by atoms with Crippen molar-refractivity contribution in [2.75, 3.05) is 0 Å². The molecule has 0 aliphatic rings. The molecule has 3 heterocycles. The molecule has 0 fully saturated rings. The number of aromatic nitrogens is 3. The molecule has 50 heavy (non-hydrogen) atoms. The first-order valence-corrected chi connectivity index (χ1v) is 16.9. The molecule has 232 valence electrons. The Hall–Kier alpha value is -6.78. The molecule has 0 atom stereocenters. The molecule has 0 aliphatic heterocycles. The minimum absolute atomic E-state index is 0.632. The smallest absolute Gasteiger partial charge is 0.235 e. The fraction of sp³-hybridized carbons (Fsp3) is 0. The lowest BCUT2D eigenvalue weighted by molar-refractivity contribution is 0.670. The second kappa shape index (κ2) is 10.4. The van der Waals surface area contributed by atoms with Crippen molar-refractivity contribution < 1.29 is 4.42 Å². The van der Waals surface area contributed by atoms with Crippen LogP contribution in [-0.2, 0) is 0 Å². The summed E-state index contributed by atoms with van der Waals surface area (Å²) in [4.78, 5) is 10.9. The van der Waals surface area contributed by atoms with Gasteiger partial charge in [-0.05, 0) is 40.4 Å². The van der Waals surface area contributed by atoms with E-state index in [0.29, 0.717) is 5.95 Å². The second-order valence-electron chi connectivity index (χ2n) is 12.9. The fourth-order valence-electron chi connectivity index (χ4n) is 7.99. The Morgan fingerprint density at radius 2 is 1.16 bits per heavy atom. The highest BCUT2D eigenvalue weighted by atomic mass is 16.3. The van der Waals surface area contributed by atoms with Crippen LogP contribution in [0.4, 0.5) is 0 Å². The molecule has 11 rings (SSSR count). The van der Waals surface area contributed by atoms with Crippen molar-refractivity contribution in [3.63, 3.8) is 0 Å². The van der Waals surface area contributed by atoms with Gasteiger partial charge in [-0.3, -0.25) is 4.57 Å². The molecule has 0 aliphatic carbocycles. The molecule has 0 unspecified atom stereocenters. The maximum atomic E-state index is 6.76. The Balaban J connectivity index is 1.33. The van der Waals surface area contributed by atoms with Gasteiger partial charge in [-0.1, -0.05) is 140 Å². The molecule has 0 spiro atoms. The number of nitrogens with zero attached hydrogens (tertiary/aromatic N) is 3. The van der Waals surface area contributed by atoms with Crippen molar-refractivity contribution >= 4 is 76.2 Å². The maximum absolute atomic E-state index is 6.76. The molecule has 0 saturated heterocycles. The van der Waals surface area contributed by atoms with Gasteiger partial charge in [-0.25, -0.2) is 9.97 Å². The summed E-state index contributed by atoms with van der Waals surface area (Å²) in [5, 5.41) is 10.1. The van der Waals surface area contributed by atoms with Gasteiger partial charge in [0.2, 0.25) is 5.95 Å². The van der Waals surface area contributed by atoms with Gasteiger partial charge in [0, 0.05) is 49.0 Å². The first-order chi connectivity index (χ1) is 24.8. The quantitative estimate of drug-likeness (QED) is 0.181. The van der Waals surface area contributed by atoms with Crippen LogP contribution in [0.2, 0.25) is 0 Å². The minimum Gasteiger partial charge on any atom is -0.455 e. The van der Waals surface area contributed by atoms with E-state index in [1.165, 1.54) is 5.39 Å². The summed E-state index contributed by atoms with van der Waals surface area (Å²) in [7, 11) is 0. The van der Waals surface area contributed by atoms with Gasteiger partial charge < -0.3 is 4.42 Å². The van der Waals surface area contributed by atoms with Crippen LogP contribution in [0.1, 0.15) is 0 Å². The molecule has 3 aromatic heterocycles. The van der Waals surface area contributed by atoms with Crippen LogP contribution in [0, 0.1) is 0 Å². The molecule has 0 amide bonds. The zero-order valence-corrected chi connectivity index (χ0v) is 26.8. The Morgan fingerprint density at radius 1 is 0.460 bits per heavy atom. The average molecular weight is 638 g/mol. The number of rotatable bonds is 3. The van der Waals surface area contributed by atoms with Crippen LogP contribution in [0.5, 0.6) is 0 Å². The molecule has 0 radical (unpaired) electrons. The van der Waals surface area contributed by atoms with Gasteiger partial charge in [-0.15, -0.1) is 0 Å². The molecular weight excluding hydrogens is 611 g/mol. The molecule has 4 heteroatoms. The van der Waals surface area contributed by atoms with Gasteiger partial charge in [-0.2, -0.15) is 0 Å². The summed E-state index contributed by atoms with van der Waals surface area (Å²) in [5.74, 6) is 0.632. The van der Waals surface area contributed by atoms with Crippen LogP contribution in [0.15, 0.2) is 168 Å². The third-order valence-electron chi connectivity index (χ3n) is 10.2. The summed E-state index contributed by atoms with van der Waals surface area (Å²) in [6, 6.07) is 57.6. The van der Waals surface area contributed by atoms with Crippen molar-refractivity contribution in [3.05, 3.63) is 164 Å². The highest BCUT2D eigenvalue weighted by Crippen LogP contribution is 2.45. The number of benzene rings is 8. The molecular formula is C46H27N3O. The van der Waals surface area contributed by atoms with E-state index in [4.69, 9.17) is 14.4 Å². The van der Waals surface area contributed by atoms with E-state index < -0.39 is 0 Å². The molecule has 0 saturated carbocycles. The molecule has 0 N–H and O–H groups in total. The van der Waals surface area contributed by atoms with Crippen LogP contribution >= 0.6 is 0 Å². The van der Waals surface area contributed by atoms with Crippen molar-refractivity contribution in [1.29, 1.82) is 0 Å². The standard InChI is InChI=1S/C46H27N3O/c1-2-14-29(15-3-1)42-37-26-25-28-13-4-7-18-32(28)43(37)48-46(47-42)49-39-23-10-8-19-33(39)35-21-12-22-36(44(35)49)41-31-17-6-5-16-30(31)27-38-34-20-9-11-24-40(34)50-45(38)41/h1-27H. The number of furan rings is 1.